The molecule has 0 aliphatic heterocycles. The van der Waals surface area contributed by atoms with E-state index in [-0.39, 0.29) is 12.6 Å². The largest absolute Gasteiger partial charge is 0.467 e. The molecule has 0 amide bonds. The Labute approximate surface area is 92.6 Å². The Morgan fingerprint density at radius 2 is 2.29 bits per heavy atom. The van der Waals surface area contributed by atoms with E-state index in [1.54, 1.807) is 6.26 Å². The number of aliphatic hydroxyl groups is 1. The van der Waals surface area contributed by atoms with E-state index in [4.69, 9.17) is 9.52 Å². The van der Waals surface area contributed by atoms with Gasteiger partial charge in [-0.1, -0.05) is 13.8 Å². The van der Waals surface area contributed by atoms with E-state index in [9.17, 15) is 0 Å². The Morgan fingerprint density at radius 3 is 2.71 bits per heavy atom. The molecule has 1 aromatic heterocycles. The average molecular weight is 262 g/mol. The van der Waals surface area contributed by atoms with Crippen LogP contribution in [0.15, 0.2) is 21.2 Å². The first kappa shape index (κ1) is 11.8. The van der Waals surface area contributed by atoms with Gasteiger partial charge in [0, 0.05) is 6.04 Å². The molecule has 0 aliphatic carbocycles. The van der Waals surface area contributed by atoms with Crippen molar-refractivity contribution in [1.29, 1.82) is 0 Å². The Balaban J connectivity index is 2.43. The third kappa shape index (κ3) is 3.12. The summed E-state index contributed by atoms with van der Waals surface area (Å²) in [4.78, 5) is 0. The summed E-state index contributed by atoms with van der Waals surface area (Å²) in [6.07, 6.45) is 1.64. The quantitative estimate of drug-likeness (QED) is 0.854. The fraction of sp³-hybridized carbons (Fsp3) is 0.600. The van der Waals surface area contributed by atoms with Gasteiger partial charge in [-0.2, -0.15) is 0 Å². The smallest absolute Gasteiger partial charge is 0.131 e. The molecule has 0 radical (unpaired) electrons. The lowest BCUT2D eigenvalue weighted by atomic mass is 10.1. The maximum Gasteiger partial charge on any atom is 0.131 e. The molecule has 0 aromatic carbocycles. The number of furan rings is 1. The van der Waals surface area contributed by atoms with Gasteiger partial charge in [-0.25, -0.2) is 0 Å². The van der Waals surface area contributed by atoms with Gasteiger partial charge in [0.25, 0.3) is 0 Å². The molecule has 80 valence electrons. The predicted molar refractivity (Wildman–Crippen MR) is 59.0 cm³/mol. The molecule has 1 unspecified atom stereocenters. The maximum atomic E-state index is 9.09. The van der Waals surface area contributed by atoms with Crippen LogP contribution in [0.25, 0.3) is 0 Å². The zero-order valence-corrected chi connectivity index (χ0v) is 10.0. The first-order valence-corrected chi connectivity index (χ1v) is 5.50. The molecule has 0 fully saturated rings. The van der Waals surface area contributed by atoms with Gasteiger partial charge in [0.05, 0.1) is 23.9 Å². The van der Waals surface area contributed by atoms with Gasteiger partial charge < -0.3 is 14.8 Å². The zero-order chi connectivity index (χ0) is 10.6. The Morgan fingerprint density at radius 1 is 1.57 bits per heavy atom. The lowest BCUT2D eigenvalue weighted by Gasteiger charge is -2.19. The topological polar surface area (TPSA) is 45.4 Å². The van der Waals surface area contributed by atoms with Gasteiger partial charge >= 0.3 is 0 Å². The van der Waals surface area contributed by atoms with Crippen molar-refractivity contribution >= 4 is 15.9 Å². The van der Waals surface area contributed by atoms with Gasteiger partial charge in [-0.15, -0.1) is 0 Å². The molecule has 1 heterocycles. The monoisotopic (exact) mass is 261 g/mol. The predicted octanol–water partition coefficient (Wildman–Crippen LogP) is 2.15. The van der Waals surface area contributed by atoms with E-state index in [1.165, 1.54) is 0 Å². The molecule has 1 aromatic rings. The molecule has 14 heavy (non-hydrogen) atoms. The minimum absolute atomic E-state index is 0.118. The minimum atomic E-state index is 0.118. The van der Waals surface area contributed by atoms with Crippen molar-refractivity contribution in [3.05, 3.63) is 22.6 Å². The van der Waals surface area contributed by atoms with E-state index in [0.717, 1.165) is 10.2 Å². The van der Waals surface area contributed by atoms with Crippen LogP contribution < -0.4 is 5.32 Å². The van der Waals surface area contributed by atoms with Gasteiger partial charge in [0.1, 0.15) is 5.76 Å². The van der Waals surface area contributed by atoms with E-state index >= 15 is 0 Å². The fourth-order valence-electron chi connectivity index (χ4n) is 1.19. The Kier molecular flexibility index (Phi) is 4.65. The maximum absolute atomic E-state index is 9.09. The van der Waals surface area contributed by atoms with Crippen molar-refractivity contribution in [3.63, 3.8) is 0 Å². The molecule has 0 saturated heterocycles. The Hall–Kier alpha value is -0.320. The summed E-state index contributed by atoms with van der Waals surface area (Å²) in [5, 5.41) is 12.3. The Bertz CT molecular complexity index is 273. The highest BCUT2D eigenvalue weighted by molar-refractivity contribution is 9.10. The lowest BCUT2D eigenvalue weighted by molar-refractivity contribution is 0.207. The summed E-state index contributed by atoms with van der Waals surface area (Å²) < 4.78 is 6.21. The van der Waals surface area contributed by atoms with Crippen molar-refractivity contribution in [2.24, 2.45) is 5.92 Å². The number of hydrogen-bond acceptors (Lipinski definition) is 3. The molecule has 0 aliphatic rings. The summed E-state index contributed by atoms with van der Waals surface area (Å²) in [5.74, 6) is 1.28. The van der Waals surface area contributed by atoms with E-state index in [1.807, 2.05) is 6.07 Å². The average Bonchev–Trinajstić information content (AvgIpc) is 2.52. The standard InChI is InChI=1S/C10H16BrNO2/c1-7(2)9(6-13)12-5-10-8(11)3-4-14-10/h3-4,7,9,12-13H,5-6H2,1-2H3. The summed E-state index contributed by atoms with van der Waals surface area (Å²) in [5.41, 5.74) is 0. The van der Waals surface area contributed by atoms with Crippen LogP contribution in [0.3, 0.4) is 0 Å². The number of rotatable bonds is 5. The van der Waals surface area contributed by atoms with Crippen molar-refractivity contribution in [1.82, 2.24) is 5.32 Å². The molecular weight excluding hydrogens is 246 g/mol. The number of hydrogen-bond donors (Lipinski definition) is 2. The molecule has 2 N–H and O–H groups in total. The summed E-state index contributed by atoms with van der Waals surface area (Å²) in [6, 6.07) is 1.98. The molecular formula is C10H16BrNO2. The van der Waals surface area contributed by atoms with E-state index < -0.39 is 0 Å². The fourth-order valence-corrected chi connectivity index (χ4v) is 1.53. The van der Waals surface area contributed by atoms with Crippen molar-refractivity contribution in [2.45, 2.75) is 26.4 Å². The second-order valence-electron chi connectivity index (χ2n) is 3.61. The van der Waals surface area contributed by atoms with Gasteiger partial charge in [0.2, 0.25) is 0 Å². The third-order valence-corrected chi connectivity index (χ3v) is 2.92. The SMILES string of the molecule is CC(C)C(CO)NCc1occc1Br. The molecule has 4 heteroatoms. The lowest BCUT2D eigenvalue weighted by Crippen LogP contribution is -2.36. The molecule has 0 saturated carbocycles. The second-order valence-corrected chi connectivity index (χ2v) is 4.46. The molecule has 0 spiro atoms. The summed E-state index contributed by atoms with van der Waals surface area (Å²) in [6.45, 7) is 4.93. The van der Waals surface area contributed by atoms with Crippen LogP contribution in [0.1, 0.15) is 19.6 Å². The molecule has 0 bridgehead atoms. The highest BCUT2D eigenvalue weighted by Gasteiger charge is 2.12. The normalized spacial score (nSPS) is 13.5. The van der Waals surface area contributed by atoms with Crippen LogP contribution in [0.2, 0.25) is 0 Å². The van der Waals surface area contributed by atoms with Crippen LogP contribution in [-0.4, -0.2) is 17.8 Å². The van der Waals surface area contributed by atoms with Crippen LogP contribution in [0.4, 0.5) is 0 Å². The summed E-state index contributed by atoms with van der Waals surface area (Å²) in [7, 11) is 0. The molecule has 3 nitrogen and oxygen atoms in total. The van der Waals surface area contributed by atoms with Crippen LogP contribution in [-0.2, 0) is 6.54 Å². The zero-order valence-electron chi connectivity index (χ0n) is 8.46. The van der Waals surface area contributed by atoms with E-state index in [0.29, 0.717) is 12.5 Å². The second kappa shape index (κ2) is 5.53. The van der Waals surface area contributed by atoms with Crippen molar-refractivity contribution in [3.8, 4) is 0 Å². The highest BCUT2D eigenvalue weighted by atomic mass is 79.9. The third-order valence-electron chi connectivity index (χ3n) is 2.22. The minimum Gasteiger partial charge on any atom is -0.467 e. The number of aliphatic hydroxyl groups excluding tert-OH is 1. The van der Waals surface area contributed by atoms with Crippen molar-refractivity contribution in [2.75, 3.05) is 6.61 Å². The van der Waals surface area contributed by atoms with Crippen LogP contribution in [0.5, 0.6) is 0 Å². The summed E-state index contributed by atoms with van der Waals surface area (Å²) >= 11 is 3.38. The van der Waals surface area contributed by atoms with Crippen LogP contribution in [0, 0.1) is 5.92 Å². The molecule has 1 atom stereocenters. The van der Waals surface area contributed by atoms with Crippen molar-refractivity contribution < 1.29 is 9.52 Å². The number of nitrogens with one attached hydrogen (secondary N) is 1. The number of halogens is 1. The first-order chi connectivity index (χ1) is 6.65. The molecule has 1 rings (SSSR count). The van der Waals surface area contributed by atoms with Gasteiger partial charge in [-0.05, 0) is 27.9 Å². The van der Waals surface area contributed by atoms with E-state index in [2.05, 4.69) is 35.1 Å². The van der Waals surface area contributed by atoms with Crippen LogP contribution >= 0.6 is 15.9 Å². The van der Waals surface area contributed by atoms with Gasteiger partial charge in [-0.3, -0.25) is 0 Å². The van der Waals surface area contributed by atoms with Gasteiger partial charge in [0.15, 0.2) is 0 Å². The highest BCUT2D eigenvalue weighted by Crippen LogP contribution is 2.17. The first-order valence-electron chi connectivity index (χ1n) is 4.71.